The molecule has 0 aromatic heterocycles. The van der Waals surface area contributed by atoms with E-state index in [-0.39, 0.29) is 102 Å². The molecule has 94 heavy (non-hydrogen) atoms. The molecule has 7 aliphatic carbocycles. The molecule has 0 amide bonds. The third-order valence-electron chi connectivity index (χ3n) is 23.7. The normalized spacial score (nSPS) is 33.0. The van der Waals surface area contributed by atoms with Crippen molar-refractivity contribution in [1.29, 1.82) is 0 Å². The first kappa shape index (κ1) is 63.4. The zero-order chi connectivity index (χ0) is 64.7. The number of carbonyl (C=O) groups is 2. The summed E-state index contributed by atoms with van der Waals surface area (Å²) in [5.74, 6) is 5.33. The van der Waals surface area contributed by atoms with E-state index in [0.717, 1.165) is 99.4 Å². The van der Waals surface area contributed by atoms with E-state index in [4.69, 9.17) is 23.7 Å². The fourth-order valence-electron chi connectivity index (χ4n) is 20.2. The van der Waals surface area contributed by atoms with Crippen molar-refractivity contribution in [2.24, 2.45) is 58.7 Å². The molecule has 2 heterocycles. The van der Waals surface area contributed by atoms with Gasteiger partial charge in [0.25, 0.3) is 0 Å². The van der Waals surface area contributed by atoms with E-state index in [0.29, 0.717) is 63.3 Å². The number of allylic oxidation sites excluding steroid dienone is 1. The van der Waals surface area contributed by atoms with Gasteiger partial charge in [-0.25, -0.2) is 0 Å². The van der Waals surface area contributed by atoms with Gasteiger partial charge < -0.3 is 54.5 Å². The predicted octanol–water partition coefficient (Wildman–Crippen LogP) is 13.7. The van der Waals surface area contributed by atoms with Crippen molar-refractivity contribution in [1.82, 2.24) is 5.32 Å². The van der Waals surface area contributed by atoms with Gasteiger partial charge in [-0.1, -0.05) is 126 Å². The Balaban J connectivity index is 0.974. The van der Waals surface area contributed by atoms with Crippen LogP contribution < -0.4 is 14.8 Å². The number of methoxy groups -OCH3 is 2. The molecule has 2 aliphatic heterocycles. The monoisotopic (exact) mass is 1310 g/mol. The number of aromatic hydroxyl groups is 3. The van der Waals surface area contributed by atoms with Crippen molar-refractivity contribution >= 4 is 50.4 Å². The van der Waals surface area contributed by atoms with Crippen LogP contribution in [0.2, 0.25) is 0 Å². The second kappa shape index (κ2) is 25.7. The highest BCUT2D eigenvalue weighted by Crippen LogP contribution is 2.76. The molecule has 0 saturated heterocycles. The van der Waals surface area contributed by atoms with Gasteiger partial charge >= 0.3 is 11.9 Å². The van der Waals surface area contributed by atoms with E-state index >= 15 is 4.79 Å². The second-order valence-electron chi connectivity index (χ2n) is 29.0. The molecule has 2 spiro atoms. The SMILES string of the molecule is CCCCCC1CC2C(O)C3Cc4cc(O)c5cc4C4CC(CC(OC(C)=O)C6Cc7cc(OC)c(O)cc7C2C6(C2=Cc6ccccc6CC21)C43)OC(=O)C12CC(C#CC(COC)CNCc3cccc(c3)-c3cc(O)cc4ccc1cc34)CC(CSSC(O)CO5)C2. The molecule has 4 fully saturated rings. The molecule has 6 aromatic carbocycles. The Morgan fingerprint density at radius 2 is 1.68 bits per heavy atom. The maximum absolute atomic E-state index is 17.2. The van der Waals surface area contributed by atoms with Gasteiger partial charge in [0.1, 0.15) is 30.0 Å². The highest BCUT2D eigenvalue weighted by atomic mass is 33.1. The molecule has 17 unspecified atom stereocenters. The minimum Gasteiger partial charge on any atom is -0.508 e. The minimum absolute atomic E-state index is 0.0337. The third-order valence-corrected chi connectivity index (χ3v) is 26.2. The number of hydrogen-bond donors (Lipinski definition) is 6. The summed E-state index contributed by atoms with van der Waals surface area (Å²) in [5.41, 5.74) is 8.08. The smallest absolute Gasteiger partial charge is 0.316 e. The summed E-state index contributed by atoms with van der Waals surface area (Å²) < 4.78 is 33.0. The number of benzene rings is 6. The molecule has 13 nitrogen and oxygen atoms in total. The van der Waals surface area contributed by atoms with E-state index in [1.165, 1.54) is 39.6 Å². The van der Waals surface area contributed by atoms with Gasteiger partial charge in [0.05, 0.1) is 31.2 Å². The fourth-order valence-corrected chi connectivity index (χ4v) is 22.5. The number of aliphatic hydroxyl groups excluding tert-OH is 2. The third kappa shape index (κ3) is 11.2. The topological polar surface area (TPSA) is 193 Å². The average molecular weight is 1310 g/mol. The Morgan fingerprint density at radius 3 is 2.52 bits per heavy atom. The van der Waals surface area contributed by atoms with Crippen LogP contribution in [0.3, 0.4) is 0 Å². The Morgan fingerprint density at radius 1 is 0.819 bits per heavy atom. The number of phenolic OH excluding ortho intramolecular Hbond substituents is 3. The summed E-state index contributed by atoms with van der Waals surface area (Å²) in [5, 5.41) is 67.1. The zero-order valence-corrected chi connectivity index (χ0v) is 55.8. The lowest BCUT2D eigenvalue weighted by Gasteiger charge is -2.68. The number of aliphatic hydroxyl groups is 2. The van der Waals surface area contributed by atoms with Crippen LogP contribution >= 0.6 is 21.6 Å². The predicted molar refractivity (Wildman–Crippen MR) is 367 cm³/mol. The number of nitrogens with one attached hydrogen (secondary N) is 1. The first-order chi connectivity index (χ1) is 45.6. The van der Waals surface area contributed by atoms with Crippen LogP contribution in [0.15, 0.2) is 109 Å². The van der Waals surface area contributed by atoms with Crippen molar-refractivity contribution in [3.8, 4) is 51.7 Å². The number of rotatable bonds is 8. The number of hydrogen-bond acceptors (Lipinski definition) is 15. The standard InChI is InChI=1S/C79H87NO12S2/c1-5-6-7-14-51-24-64-74-62-34-69(84)71(89-4)29-54(62)27-67-70(91-43(2)81)33-57-32-63-60-35-72(68(83)28-53(60)25-65(76(64)86)75(63)79(67,74)66-26-49-13-9-8-12-48(49)23-61(51)66)90-41-73(85)94-93-42-47-20-44-16-17-46(40-88-3)39-80-38-45-11-10-15-50(21-45)59-31-56(82)22-52-18-19-55(30-58(52)59)78(36-44,37-47)77(87)92-57/h8-13,15,18-19,21-22,26,28-31,34-35,44,46-47,51,57,61,63-65,67,70,73-76,80,82-86H,5-7,14,20,23-25,27,32-33,36-42H2,1-4H3. The van der Waals surface area contributed by atoms with Crippen LogP contribution in [0, 0.1) is 70.5 Å². The first-order valence-electron chi connectivity index (χ1n) is 34.4. The van der Waals surface area contributed by atoms with Crippen molar-refractivity contribution in [3.05, 3.63) is 153 Å². The van der Waals surface area contributed by atoms with Gasteiger partial charge in [-0.15, -0.1) is 0 Å². The number of esters is 2. The Labute approximate surface area is 559 Å². The average Bonchev–Trinajstić information content (AvgIpc) is 1.15. The Kier molecular flexibility index (Phi) is 17.4. The second-order valence-corrected chi connectivity index (χ2v) is 31.6. The number of carbonyl (C=O) groups excluding carboxylic acids is 2. The summed E-state index contributed by atoms with van der Waals surface area (Å²) in [6.45, 7) is 5.21. The molecule has 13 bridgehead atoms. The van der Waals surface area contributed by atoms with E-state index < -0.39 is 52.4 Å². The maximum atomic E-state index is 17.2. The van der Waals surface area contributed by atoms with Crippen LogP contribution in [-0.2, 0) is 55.0 Å². The molecule has 0 radical (unpaired) electrons. The van der Waals surface area contributed by atoms with E-state index in [1.54, 1.807) is 20.3 Å². The van der Waals surface area contributed by atoms with Gasteiger partial charge in [-0.05, 0) is 220 Å². The van der Waals surface area contributed by atoms with Crippen LogP contribution in [0.5, 0.6) is 28.7 Å². The quantitative estimate of drug-likeness (QED) is 0.0365. The number of phenols is 3. The maximum Gasteiger partial charge on any atom is 0.316 e. The van der Waals surface area contributed by atoms with Crippen LogP contribution in [0.4, 0.5) is 0 Å². The van der Waals surface area contributed by atoms with Crippen molar-refractivity contribution in [2.75, 3.05) is 39.7 Å². The van der Waals surface area contributed by atoms with Gasteiger partial charge in [-0.3, -0.25) is 9.59 Å². The van der Waals surface area contributed by atoms with Crippen LogP contribution in [0.1, 0.15) is 134 Å². The lowest BCUT2D eigenvalue weighted by molar-refractivity contribution is -0.188. The van der Waals surface area contributed by atoms with Gasteiger partial charge in [0, 0.05) is 56.5 Å². The molecule has 492 valence electrons. The van der Waals surface area contributed by atoms with Crippen molar-refractivity contribution < 1.29 is 58.8 Å². The summed E-state index contributed by atoms with van der Waals surface area (Å²) >= 11 is 0. The number of fused-ring (bicyclic) bond motifs is 11. The number of unbranched alkanes of at least 4 members (excludes halogenated alkanes) is 2. The number of ether oxygens (including phenoxy) is 5. The minimum atomic E-state index is -1.28. The first-order valence-corrected chi connectivity index (χ1v) is 36.8. The van der Waals surface area contributed by atoms with E-state index in [9.17, 15) is 30.3 Å². The van der Waals surface area contributed by atoms with E-state index in [2.05, 4.69) is 78.7 Å². The highest BCUT2D eigenvalue weighted by molar-refractivity contribution is 8.76. The molecule has 6 N–H and O–H groups in total. The Hall–Kier alpha value is -6.64. The molecule has 15 rings (SSSR count). The summed E-state index contributed by atoms with van der Waals surface area (Å²) in [6, 6.07) is 34.6. The molecule has 17 atom stereocenters. The largest absolute Gasteiger partial charge is 0.508 e. The lowest BCUT2D eigenvalue weighted by atomic mass is 9.36. The molecule has 9 aliphatic rings. The summed E-state index contributed by atoms with van der Waals surface area (Å²) in [6.07, 6.45) is 8.54. The van der Waals surface area contributed by atoms with Gasteiger partial charge in [-0.2, -0.15) is 0 Å². The fraction of sp³-hybridized carbons (Fsp3) is 0.494. The summed E-state index contributed by atoms with van der Waals surface area (Å²) in [4.78, 5) is 31.6. The summed E-state index contributed by atoms with van der Waals surface area (Å²) in [7, 11) is 6.12. The van der Waals surface area contributed by atoms with Gasteiger partial charge in [0.2, 0.25) is 0 Å². The highest BCUT2D eigenvalue weighted by Gasteiger charge is 2.72. The van der Waals surface area contributed by atoms with Gasteiger partial charge in [0.15, 0.2) is 23.0 Å². The lowest BCUT2D eigenvalue weighted by Crippen LogP contribution is -2.66. The molecular weight excluding hydrogens is 1220 g/mol. The Bertz CT molecular complexity index is 4030. The van der Waals surface area contributed by atoms with Crippen LogP contribution in [-0.4, -0.2) is 101 Å². The van der Waals surface area contributed by atoms with Crippen LogP contribution in [0.25, 0.3) is 28.0 Å². The molecular formula is C79H87NO12S2. The molecule has 4 saturated carbocycles. The zero-order valence-electron chi connectivity index (χ0n) is 54.2. The van der Waals surface area contributed by atoms with E-state index in [1.807, 2.05) is 48.5 Å². The molecule has 6 aromatic rings. The molecule has 15 heteroatoms. The van der Waals surface area contributed by atoms with Crippen molar-refractivity contribution in [3.63, 3.8) is 0 Å². The van der Waals surface area contributed by atoms with Crippen molar-refractivity contribution in [2.45, 2.75) is 145 Å².